The zero-order chi connectivity index (χ0) is 22.3. The van der Waals surface area contributed by atoms with Crippen molar-refractivity contribution >= 4 is 29.3 Å². The average molecular weight is 458 g/mol. The molecule has 10 heteroatoms. The van der Waals surface area contributed by atoms with Gasteiger partial charge in [-0.15, -0.1) is 10.2 Å². The van der Waals surface area contributed by atoms with Crippen molar-refractivity contribution in [2.24, 2.45) is 0 Å². The summed E-state index contributed by atoms with van der Waals surface area (Å²) in [6, 6.07) is 9.36. The van der Waals surface area contributed by atoms with E-state index in [4.69, 9.17) is 4.42 Å². The number of nitrogens with one attached hydrogen (secondary N) is 2. The number of anilines is 1. The Hall–Kier alpha value is -3.14. The maximum Gasteiger partial charge on any atom is 0.243 e. The van der Waals surface area contributed by atoms with Crippen LogP contribution >= 0.6 is 11.8 Å². The molecule has 2 heterocycles. The maximum absolute atomic E-state index is 12.9. The Balaban J connectivity index is 1.34. The first kappa shape index (κ1) is 22.1. The molecule has 3 aromatic rings. The van der Waals surface area contributed by atoms with Gasteiger partial charge >= 0.3 is 0 Å². The molecule has 2 aromatic heterocycles. The monoisotopic (exact) mass is 457 g/mol. The number of aromatic nitrogens is 3. The van der Waals surface area contributed by atoms with Gasteiger partial charge in [0, 0.05) is 11.7 Å². The van der Waals surface area contributed by atoms with E-state index in [0.29, 0.717) is 22.4 Å². The first-order valence-electron chi connectivity index (χ1n) is 10.5. The Morgan fingerprint density at radius 1 is 1.09 bits per heavy atom. The summed E-state index contributed by atoms with van der Waals surface area (Å²) in [6.07, 6.45) is 7.19. The van der Waals surface area contributed by atoms with E-state index in [1.54, 1.807) is 6.26 Å². The lowest BCUT2D eigenvalue weighted by atomic mass is 9.95. The van der Waals surface area contributed by atoms with Gasteiger partial charge in [0.05, 0.1) is 18.6 Å². The molecule has 1 aliphatic rings. The molecule has 8 nitrogen and oxygen atoms in total. The second kappa shape index (κ2) is 10.4. The molecule has 0 unspecified atom stereocenters. The van der Waals surface area contributed by atoms with Gasteiger partial charge in [-0.3, -0.25) is 14.2 Å². The molecule has 1 aliphatic carbocycles. The van der Waals surface area contributed by atoms with Gasteiger partial charge in [-0.1, -0.05) is 31.0 Å². The minimum atomic E-state index is -0.388. The van der Waals surface area contributed by atoms with Gasteiger partial charge in [0.25, 0.3) is 0 Å². The van der Waals surface area contributed by atoms with Crippen molar-refractivity contribution in [3.05, 3.63) is 48.5 Å². The summed E-state index contributed by atoms with van der Waals surface area (Å²) in [6.45, 7) is -0.177. The van der Waals surface area contributed by atoms with Crippen LogP contribution in [0.1, 0.15) is 38.1 Å². The number of hydrogen-bond donors (Lipinski definition) is 2. The van der Waals surface area contributed by atoms with Crippen LogP contribution in [0.4, 0.5) is 10.1 Å². The first-order valence-corrected chi connectivity index (χ1v) is 11.5. The molecule has 2 N–H and O–H groups in total. The normalized spacial score (nSPS) is 14.3. The van der Waals surface area contributed by atoms with Gasteiger partial charge in [-0.2, -0.15) is 0 Å². The summed E-state index contributed by atoms with van der Waals surface area (Å²) in [5.41, 5.74) is 0.464. The number of thioether (sulfide) groups is 1. The molecule has 0 atom stereocenters. The third-order valence-corrected chi connectivity index (χ3v) is 6.20. The van der Waals surface area contributed by atoms with Crippen molar-refractivity contribution in [2.75, 3.05) is 17.6 Å². The van der Waals surface area contributed by atoms with E-state index < -0.39 is 0 Å². The van der Waals surface area contributed by atoms with E-state index in [2.05, 4.69) is 25.4 Å². The zero-order valence-corrected chi connectivity index (χ0v) is 18.2. The molecule has 1 saturated carbocycles. The Labute approximate surface area is 189 Å². The molecule has 0 bridgehead atoms. The highest BCUT2D eigenvalue weighted by Gasteiger charge is 2.25. The van der Waals surface area contributed by atoms with E-state index in [1.807, 2.05) is 12.1 Å². The fourth-order valence-electron chi connectivity index (χ4n) is 3.72. The molecular formula is C22H24FN5O3S. The summed E-state index contributed by atoms with van der Waals surface area (Å²) in [5.74, 6) is 0.361. The summed E-state index contributed by atoms with van der Waals surface area (Å²) in [7, 11) is 0. The number of rotatable bonds is 8. The summed E-state index contributed by atoms with van der Waals surface area (Å²) < 4.78 is 20.6. The van der Waals surface area contributed by atoms with Crippen molar-refractivity contribution in [3.8, 4) is 11.6 Å². The maximum atomic E-state index is 12.9. The predicted octanol–water partition coefficient (Wildman–Crippen LogP) is 4.03. The van der Waals surface area contributed by atoms with Crippen LogP contribution in [0.3, 0.4) is 0 Å². The Bertz CT molecular complexity index is 1050. The van der Waals surface area contributed by atoms with Crippen LogP contribution in [0.5, 0.6) is 0 Å². The quantitative estimate of drug-likeness (QED) is 0.495. The lowest BCUT2D eigenvalue weighted by Gasteiger charge is -2.25. The van der Waals surface area contributed by atoms with Crippen LogP contribution in [-0.4, -0.2) is 38.9 Å². The minimum Gasteiger partial charge on any atom is -0.461 e. The molecule has 4 rings (SSSR count). The largest absolute Gasteiger partial charge is 0.461 e. The Morgan fingerprint density at radius 3 is 2.59 bits per heavy atom. The molecular weight excluding hydrogens is 433 g/mol. The molecule has 1 fully saturated rings. The van der Waals surface area contributed by atoms with E-state index in [0.717, 1.165) is 25.7 Å². The van der Waals surface area contributed by atoms with Crippen molar-refractivity contribution < 1.29 is 18.4 Å². The van der Waals surface area contributed by atoms with Gasteiger partial charge in [0.15, 0.2) is 10.9 Å². The number of halogens is 1. The number of furan rings is 1. The minimum absolute atomic E-state index is 0.104. The highest BCUT2D eigenvalue weighted by atomic mass is 32.2. The zero-order valence-electron chi connectivity index (χ0n) is 17.4. The topological polar surface area (TPSA) is 102 Å². The predicted molar refractivity (Wildman–Crippen MR) is 119 cm³/mol. The van der Waals surface area contributed by atoms with E-state index >= 15 is 0 Å². The fourth-order valence-corrected chi connectivity index (χ4v) is 4.55. The van der Waals surface area contributed by atoms with Crippen LogP contribution in [0.15, 0.2) is 52.2 Å². The van der Waals surface area contributed by atoms with E-state index in [1.165, 1.54) is 42.4 Å². The summed E-state index contributed by atoms with van der Waals surface area (Å²) in [4.78, 5) is 24.3. The SMILES string of the molecule is O=C(CSc1nnc(-c2ccco2)n1C1CCCCC1)NCC(=O)Nc1ccc(F)cc1. The van der Waals surface area contributed by atoms with Crippen LogP contribution < -0.4 is 10.6 Å². The van der Waals surface area contributed by atoms with Crippen LogP contribution in [0.25, 0.3) is 11.6 Å². The van der Waals surface area contributed by atoms with Crippen molar-refractivity contribution in [1.29, 1.82) is 0 Å². The lowest BCUT2D eigenvalue weighted by molar-refractivity contribution is -0.122. The number of amides is 2. The number of nitrogens with zero attached hydrogens (tertiary/aromatic N) is 3. The highest BCUT2D eigenvalue weighted by Crippen LogP contribution is 2.35. The Morgan fingerprint density at radius 2 is 1.88 bits per heavy atom. The summed E-state index contributed by atoms with van der Waals surface area (Å²) in [5, 5.41) is 14.5. The van der Waals surface area contributed by atoms with Gasteiger partial charge in [0.1, 0.15) is 5.82 Å². The standard InChI is InChI=1S/C22H24FN5O3S/c23-15-8-10-16(11-9-15)25-19(29)13-24-20(30)14-32-22-27-26-21(18-7-4-12-31-18)28(22)17-5-2-1-3-6-17/h4,7-12,17H,1-3,5-6,13-14H2,(H,24,30)(H,25,29). The molecule has 2 amide bonds. The fraction of sp³-hybridized carbons (Fsp3) is 0.364. The molecule has 0 saturated heterocycles. The molecule has 32 heavy (non-hydrogen) atoms. The summed E-state index contributed by atoms with van der Waals surface area (Å²) >= 11 is 1.29. The van der Waals surface area contributed by atoms with E-state index in [9.17, 15) is 14.0 Å². The second-order valence-electron chi connectivity index (χ2n) is 7.57. The number of carbonyl (C=O) groups excluding carboxylic acids is 2. The lowest BCUT2D eigenvalue weighted by Crippen LogP contribution is -2.34. The number of carbonyl (C=O) groups is 2. The molecule has 168 valence electrons. The van der Waals surface area contributed by atoms with Gasteiger partial charge < -0.3 is 15.1 Å². The third kappa shape index (κ3) is 5.56. The van der Waals surface area contributed by atoms with Crippen LogP contribution in [0, 0.1) is 5.82 Å². The molecule has 1 aromatic carbocycles. The van der Waals surface area contributed by atoms with Crippen molar-refractivity contribution in [2.45, 2.75) is 43.3 Å². The van der Waals surface area contributed by atoms with Gasteiger partial charge in [-0.25, -0.2) is 4.39 Å². The van der Waals surface area contributed by atoms with Crippen molar-refractivity contribution in [1.82, 2.24) is 20.1 Å². The molecule has 0 aliphatic heterocycles. The third-order valence-electron chi connectivity index (χ3n) is 5.25. The number of benzene rings is 1. The van der Waals surface area contributed by atoms with Gasteiger partial charge in [-0.05, 0) is 49.2 Å². The first-order chi connectivity index (χ1) is 15.6. The average Bonchev–Trinajstić information content (AvgIpc) is 3.48. The van der Waals surface area contributed by atoms with Crippen LogP contribution in [0.2, 0.25) is 0 Å². The Kier molecular flexibility index (Phi) is 7.21. The second-order valence-corrected chi connectivity index (χ2v) is 8.51. The molecule has 0 radical (unpaired) electrons. The van der Waals surface area contributed by atoms with Crippen LogP contribution in [-0.2, 0) is 9.59 Å². The van der Waals surface area contributed by atoms with E-state index in [-0.39, 0.29) is 36.0 Å². The molecule has 0 spiro atoms. The number of hydrogen-bond acceptors (Lipinski definition) is 6. The van der Waals surface area contributed by atoms with Gasteiger partial charge in [0.2, 0.25) is 17.6 Å². The smallest absolute Gasteiger partial charge is 0.243 e. The van der Waals surface area contributed by atoms with Crippen molar-refractivity contribution in [3.63, 3.8) is 0 Å². The highest BCUT2D eigenvalue weighted by molar-refractivity contribution is 7.99.